The van der Waals surface area contributed by atoms with E-state index in [-0.39, 0.29) is 11.9 Å². The Morgan fingerprint density at radius 2 is 1.93 bits per heavy atom. The Morgan fingerprint density at radius 3 is 2.66 bits per heavy atom. The van der Waals surface area contributed by atoms with Crippen LogP contribution in [-0.4, -0.2) is 37.1 Å². The van der Waals surface area contributed by atoms with Crippen LogP contribution in [0.5, 0.6) is 11.6 Å². The van der Waals surface area contributed by atoms with E-state index in [1.807, 2.05) is 62.2 Å². The summed E-state index contributed by atoms with van der Waals surface area (Å²) in [6.07, 6.45) is 4.48. The van der Waals surface area contributed by atoms with Crippen molar-refractivity contribution in [3.8, 4) is 11.6 Å². The van der Waals surface area contributed by atoms with Gasteiger partial charge < -0.3 is 9.64 Å². The van der Waals surface area contributed by atoms with Gasteiger partial charge in [-0.05, 0) is 45.2 Å². The molecule has 1 aliphatic heterocycles. The van der Waals surface area contributed by atoms with Gasteiger partial charge in [0.25, 0.3) is 5.91 Å². The Labute approximate surface area is 170 Å². The summed E-state index contributed by atoms with van der Waals surface area (Å²) < 4.78 is 7.65. The van der Waals surface area contributed by atoms with Gasteiger partial charge in [0, 0.05) is 31.0 Å². The zero-order valence-electron chi connectivity index (χ0n) is 17.0. The highest BCUT2D eigenvalue weighted by Gasteiger charge is 2.32. The molecule has 1 aromatic carbocycles. The smallest absolute Gasteiger partial charge is 0.257 e. The lowest BCUT2D eigenvalue weighted by Gasteiger charge is -2.34. The molecule has 7 heteroatoms. The number of carbonyl (C=O) groups excluding carboxylic acids is 1. The van der Waals surface area contributed by atoms with Crippen molar-refractivity contribution in [2.24, 2.45) is 7.05 Å². The molecule has 0 spiro atoms. The number of rotatable bonds is 4. The molecule has 1 fully saturated rings. The van der Waals surface area contributed by atoms with Gasteiger partial charge in [-0.25, -0.2) is 4.98 Å². The maximum atomic E-state index is 13.3. The molecule has 3 aromatic rings. The number of aromatic nitrogens is 4. The van der Waals surface area contributed by atoms with E-state index >= 15 is 0 Å². The zero-order valence-corrected chi connectivity index (χ0v) is 17.0. The molecular formula is C22H25N5O2. The highest BCUT2D eigenvalue weighted by molar-refractivity contribution is 5.95. The van der Waals surface area contributed by atoms with Crippen LogP contribution in [0.25, 0.3) is 0 Å². The minimum absolute atomic E-state index is 0.0177. The van der Waals surface area contributed by atoms with Crippen LogP contribution >= 0.6 is 0 Å². The van der Waals surface area contributed by atoms with Gasteiger partial charge in [0.05, 0.1) is 17.8 Å². The van der Waals surface area contributed by atoms with Gasteiger partial charge in [0.1, 0.15) is 5.75 Å². The Balaban J connectivity index is 1.64. The van der Waals surface area contributed by atoms with Crippen molar-refractivity contribution < 1.29 is 9.53 Å². The predicted molar refractivity (Wildman–Crippen MR) is 109 cm³/mol. The van der Waals surface area contributed by atoms with E-state index in [1.54, 1.807) is 10.9 Å². The third-order valence-electron chi connectivity index (χ3n) is 5.34. The van der Waals surface area contributed by atoms with Gasteiger partial charge in [-0.15, -0.1) is 0 Å². The summed E-state index contributed by atoms with van der Waals surface area (Å²) in [4.78, 5) is 24.5. The summed E-state index contributed by atoms with van der Waals surface area (Å²) in [7, 11) is 1.84. The first kappa shape index (κ1) is 19.1. The number of likely N-dealkylation sites (tertiary alicyclic amines) is 1. The van der Waals surface area contributed by atoms with Gasteiger partial charge in [-0.3, -0.25) is 9.48 Å². The number of piperidine rings is 1. The van der Waals surface area contributed by atoms with E-state index in [9.17, 15) is 4.79 Å². The van der Waals surface area contributed by atoms with Crippen molar-refractivity contribution in [3.05, 3.63) is 65.4 Å². The molecule has 7 nitrogen and oxygen atoms in total. The number of hydrogen-bond acceptors (Lipinski definition) is 5. The Morgan fingerprint density at radius 1 is 1.14 bits per heavy atom. The van der Waals surface area contributed by atoms with Crippen molar-refractivity contribution in [2.75, 3.05) is 6.54 Å². The molecule has 0 saturated carbocycles. The quantitative estimate of drug-likeness (QED) is 0.672. The first-order valence-corrected chi connectivity index (χ1v) is 9.91. The van der Waals surface area contributed by atoms with Crippen LogP contribution in [0.1, 0.15) is 52.9 Å². The van der Waals surface area contributed by atoms with Crippen molar-refractivity contribution in [3.63, 3.8) is 0 Å². The van der Waals surface area contributed by atoms with E-state index in [4.69, 9.17) is 4.74 Å². The number of nitrogens with zero attached hydrogens (tertiary/aromatic N) is 5. The second-order valence-electron chi connectivity index (χ2n) is 7.40. The maximum Gasteiger partial charge on any atom is 0.257 e. The van der Waals surface area contributed by atoms with Crippen LogP contribution in [-0.2, 0) is 7.05 Å². The largest absolute Gasteiger partial charge is 0.439 e. The molecular weight excluding hydrogens is 366 g/mol. The number of aryl methyl sites for hydroxylation is 2. The Kier molecular flexibility index (Phi) is 5.29. The summed E-state index contributed by atoms with van der Waals surface area (Å²) in [5.74, 6) is 1.83. The molecule has 2 aromatic heterocycles. The van der Waals surface area contributed by atoms with Crippen LogP contribution in [0.2, 0.25) is 0 Å². The minimum atomic E-state index is -0.172. The standard InChI is InChI=1S/C22H25N5O2/c1-15-13-20(29-17-9-5-4-6-10-17)25-21(24-15)19-11-7-8-12-27(19)22(28)18-14-23-26(3)16(18)2/h4-6,9-10,13-14,19H,7-8,11-12H2,1-3H3/t19-/m0/s1. The molecule has 1 amide bonds. The first-order chi connectivity index (χ1) is 14.0. The lowest BCUT2D eigenvalue weighted by molar-refractivity contribution is 0.0597. The fourth-order valence-electron chi connectivity index (χ4n) is 3.68. The van der Waals surface area contributed by atoms with Crippen LogP contribution < -0.4 is 4.74 Å². The number of hydrogen-bond donors (Lipinski definition) is 0. The molecule has 0 unspecified atom stereocenters. The Hall–Kier alpha value is -3.22. The molecule has 29 heavy (non-hydrogen) atoms. The average molecular weight is 391 g/mol. The molecule has 1 aliphatic rings. The van der Waals surface area contributed by atoms with E-state index < -0.39 is 0 Å². The highest BCUT2D eigenvalue weighted by Crippen LogP contribution is 2.32. The number of ether oxygens (including phenoxy) is 1. The van der Waals surface area contributed by atoms with Crippen LogP contribution in [0.3, 0.4) is 0 Å². The van der Waals surface area contributed by atoms with Crippen LogP contribution in [0, 0.1) is 13.8 Å². The monoisotopic (exact) mass is 391 g/mol. The van der Waals surface area contributed by atoms with Crippen LogP contribution in [0.4, 0.5) is 0 Å². The van der Waals surface area contributed by atoms with E-state index in [1.165, 1.54) is 0 Å². The lowest BCUT2D eigenvalue weighted by atomic mass is 10.00. The van der Waals surface area contributed by atoms with Gasteiger partial charge in [-0.2, -0.15) is 10.1 Å². The minimum Gasteiger partial charge on any atom is -0.439 e. The third-order valence-corrected chi connectivity index (χ3v) is 5.34. The lowest BCUT2D eigenvalue weighted by Crippen LogP contribution is -2.39. The van der Waals surface area contributed by atoms with E-state index in [0.29, 0.717) is 23.8 Å². The zero-order chi connectivity index (χ0) is 20.4. The van der Waals surface area contributed by atoms with Gasteiger partial charge in [0.2, 0.25) is 5.88 Å². The predicted octanol–water partition coefficient (Wildman–Crippen LogP) is 3.99. The molecule has 1 saturated heterocycles. The summed E-state index contributed by atoms with van der Waals surface area (Å²) in [6.45, 7) is 4.52. The fraction of sp³-hybridized carbons (Fsp3) is 0.364. The summed E-state index contributed by atoms with van der Waals surface area (Å²) in [5.41, 5.74) is 2.31. The molecule has 3 heterocycles. The molecule has 0 N–H and O–H groups in total. The number of para-hydroxylation sites is 1. The SMILES string of the molecule is Cc1cc(Oc2ccccc2)nc([C@@H]2CCCCN2C(=O)c2cnn(C)c2C)n1. The number of benzene rings is 1. The van der Waals surface area contributed by atoms with Crippen LogP contribution in [0.15, 0.2) is 42.6 Å². The highest BCUT2D eigenvalue weighted by atomic mass is 16.5. The summed E-state index contributed by atoms with van der Waals surface area (Å²) >= 11 is 0. The number of carbonyl (C=O) groups is 1. The third kappa shape index (κ3) is 3.99. The second kappa shape index (κ2) is 8.03. The maximum absolute atomic E-state index is 13.3. The van der Waals surface area contributed by atoms with Gasteiger partial charge >= 0.3 is 0 Å². The van der Waals surface area contributed by atoms with Crippen molar-refractivity contribution in [1.29, 1.82) is 0 Å². The number of amides is 1. The van der Waals surface area contributed by atoms with Crippen molar-refractivity contribution in [1.82, 2.24) is 24.6 Å². The van der Waals surface area contributed by atoms with Crippen molar-refractivity contribution >= 4 is 5.91 Å². The van der Waals surface area contributed by atoms with E-state index in [2.05, 4.69) is 15.1 Å². The molecule has 0 radical (unpaired) electrons. The molecule has 1 atom stereocenters. The average Bonchev–Trinajstić information content (AvgIpc) is 3.06. The van der Waals surface area contributed by atoms with Gasteiger partial charge in [0.15, 0.2) is 5.82 Å². The first-order valence-electron chi connectivity index (χ1n) is 9.91. The molecule has 0 aliphatic carbocycles. The molecule has 4 rings (SSSR count). The summed E-state index contributed by atoms with van der Waals surface area (Å²) in [5, 5.41) is 4.22. The summed E-state index contributed by atoms with van der Waals surface area (Å²) in [6, 6.07) is 11.2. The fourth-order valence-corrected chi connectivity index (χ4v) is 3.68. The molecule has 0 bridgehead atoms. The molecule has 150 valence electrons. The van der Waals surface area contributed by atoms with Gasteiger partial charge in [-0.1, -0.05) is 18.2 Å². The van der Waals surface area contributed by atoms with Crippen molar-refractivity contribution in [2.45, 2.75) is 39.2 Å². The van der Waals surface area contributed by atoms with E-state index in [0.717, 1.165) is 36.4 Å². The Bertz CT molecular complexity index is 1020. The topological polar surface area (TPSA) is 73.1 Å². The normalized spacial score (nSPS) is 16.7. The second-order valence-corrected chi connectivity index (χ2v) is 7.40.